The van der Waals surface area contributed by atoms with Crippen LogP contribution in [0.4, 0.5) is 17.1 Å². The Morgan fingerprint density at radius 3 is 2.46 bits per heavy atom. The third kappa shape index (κ3) is 3.19. The maximum Gasteiger partial charge on any atom is 0.269 e. The molecule has 1 spiro atoms. The summed E-state index contributed by atoms with van der Waals surface area (Å²) >= 11 is 0. The number of rotatable bonds is 4. The van der Waals surface area contributed by atoms with Crippen molar-refractivity contribution < 1.29 is 24.4 Å². The first-order chi connectivity index (χ1) is 17.7. The van der Waals surface area contributed by atoms with E-state index in [4.69, 9.17) is 0 Å². The molecule has 0 unspecified atom stereocenters. The van der Waals surface area contributed by atoms with Gasteiger partial charge in [0.15, 0.2) is 0 Å². The minimum absolute atomic E-state index is 0.105. The number of carbonyl (C=O) groups is 3. The van der Waals surface area contributed by atoms with Crippen molar-refractivity contribution in [3.05, 3.63) is 93.5 Å². The quantitative estimate of drug-likeness (QED) is 0.285. The monoisotopic (exact) mass is 498 g/mol. The SMILES string of the molecule is Cc1cc([N+](=O)[O-])ccc1N1C(=O)[C@H]2[C@H](Cc3ccc(O)cc3)N[C@@]3(C(=O)Nc4ccccc43)[C@@H]2C1=O. The van der Waals surface area contributed by atoms with Crippen LogP contribution in [0.15, 0.2) is 66.7 Å². The molecule has 3 aromatic rings. The summed E-state index contributed by atoms with van der Waals surface area (Å²) in [6.45, 7) is 1.61. The van der Waals surface area contributed by atoms with E-state index in [1.54, 1.807) is 55.5 Å². The summed E-state index contributed by atoms with van der Waals surface area (Å²) in [4.78, 5) is 53.3. The highest BCUT2D eigenvalue weighted by molar-refractivity contribution is 6.26. The number of aryl methyl sites for hydroxylation is 1. The average Bonchev–Trinajstić information content (AvgIpc) is 3.45. The zero-order chi connectivity index (χ0) is 26.1. The van der Waals surface area contributed by atoms with E-state index in [9.17, 15) is 29.6 Å². The van der Waals surface area contributed by atoms with Gasteiger partial charge in [-0.15, -0.1) is 0 Å². The molecule has 3 aromatic carbocycles. The van der Waals surface area contributed by atoms with E-state index in [0.29, 0.717) is 23.2 Å². The largest absolute Gasteiger partial charge is 0.508 e. The molecule has 0 bridgehead atoms. The van der Waals surface area contributed by atoms with E-state index >= 15 is 0 Å². The molecule has 3 aliphatic rings. The number of aromatic hydroxyl groups is 1. The van der Waals surface area contributed by atoms with Crippen molar-refractivity contribution in [2.75, 3.05) is 10.2 Å². The fourth-order valence-electron chi connectivity index (χ4n) is 6.06. The maximum atomic E-state index is 14.0. The summed E-state index contributed by atoms with van der Waals surface area (Å²) < 4.78 is 0. The number of benzene rings is 3. The average molecular weight is 498 g/mol. The Morgan fingerprint density at radius 2 is 1.76 bits per heavy atom. The number of para-hydroxylation sites is 1. The fourth-order valence-corrected chi connectivity index (χ4v) is 6.06. The van der Waals surface area contributed by atoms with E-state index in [2.05, 4.69) is 10.6 Å². The molecule has 37 heavy (non-hydrogen) atoms. The van der Waals surface area contributed by atoms with Gasteiger partial charge in [-0.05, 0) is 48.7 Å². The predicted octanol–water partition coefficient (Wildman–Crippen LogP) is 2.78. The van der Waals surface area contributed by atoms with E-state index in [1.807, 2.05) is 0 Å². The van der Waals surface area contributed by atoms with Gasteiger partial charge in [-0.3, -0.25) is 29.8 Å². The molecule has 0 radical (unpaired) electrons. The molecule has 10 heteroatoms. The molecule has 2 fully saturated rings. The number of non-ortho nitro benzene ring substituents is 1. The van der Waals surface area contributed by atoms with Crippen LogP contribution in [0, 0.1) is 28.9 Å². The van der Waals surface area contributed by atoms with E-state index in [0.717, 1.165) is 10.5 Å². The first-order valence-corrected chi connectivity index (χ1v) is 11.8. The van der Waals surface area contributed by atoms with Gasteiger partial charge < -0.3 is 10.4 Å². The highest BCUT2D eigenvalue weighted by Gasteiger charge is 2.70. The molecule has 6 rings (SSSR count). The molecule has 4 atom stereocenters. The Morgan fingerprint density at radius 1 is 1.03 bits per heavy atom. The summed E-state index contributed by atoms with van der Waals surface area (Å²) in [7, 11) is 0. The number of hydrogen-bond acceptors (Lipinski definition) is 7. The molecule has 10 nitrogen and oxygen atoms in total. The zero-order valence-electron chi connectivity index (χ0n) is 19.7. The number of imide groups is 1. The van der Waals surface area contributed by atoms with Crippen molar-refractivity contribution in [1.82, 2.24) is 5.32 Å². The van der Waals surface area contributed by atoms with Crippen LogP contribution in [-0.4, -0.2) is 33.8 Å². The molecule has 3 N–H and O–H groups in total. The number of phenols is 1. The van der Waals surface area contributed by atoms with Gasteiger partial charge in [0, 0.05) is 29.4 Å². The molecule has 2 saturated heterocycles. The van der Waals surface area contributed by atoms with Crippen molar-refractivity contribution >= 4 is 34.8 Å². The Balaban J connectivity index is 1.48. The molecule has 0 saturated carbocycles. The number of amides is 3. The topological polar surface area (TPSA) is 142 Å². The number of fused-ring (bicyclic) bond motifs is 4. The van der Waals surface area contributed by atoms with Gasteiger partial charge in [0.25, 0.3) is 5.69 Å². The number of anilines is 2. The molecule has 3 heterocycles. The zero-order valence-corrected chi connectivity index (χ0v) is 19.7. The van der Waals surface area contributed by atoms with Crippen LogP contribution in [0.2, 0.25) is 0 Å². The molecule has 186 valence electrons. The van der Waals surface area contributed by atoms with Crippen molar-refractivity contribution in [3.63, 3.8) is 0 Å². The van der Waals surface area contributed by atoms with Crippen molar-refractivity contribution in [2.45, 2.75) is 24.9 Å². The molecule has 0 aliphatic carbocycles. The Kier molecular flexibility index (Phi) is 4.93. The van der Waals surface area contributed by atoms with Gasteiger partial charge in [0.1, 0.15) is 11.3 Å². The van der Waals surface area contributed by atoms with Gasteiger partial charge in [-0.1, -0.05) is 30.3 Å². The maximum absolute atomic E-state index is 14.0. The van der Waals surface area contributed by atoms with Gasteiger partial charge >= 0.3 is 0 Å². The summed E-state index contributed by atoms with van der Waals surface area (Å²) in [6, 6.07) is 17.1. The smallest absolute Gasteiger partial charge is 0.269 e. The summed E-state index contributed by atoms with van der Waals surface area (Å²) in [6.07, 6.45) is 0.338. The predicted molar refractivity (Wildman–Crippen MR) is 133 cm³/mol. The highest BCUT2D eigenvalue weighted by atomic mass is 16.6. The molecular weight excluding hydrogens is 476 g/mol. The molecular formula is C27H22N4O6. The lowest BCUT2D eigenvalue weighted by Gasteiger charge is -2.30. The first kappa shape index (κ1) is 22.9. The van der Waals surface area contributed by atoms with Crippen LogP contribution in [0.1, 0.15) is 16.7 Å². The lowest BCUT2D eigenvalue weighted by atomic mass is 9.76. The molecule has 3 aliphatic heterocycles. The highest BCUT2D eigenvalue weighted by Crippen LogP contribution is 2.54. The number of nitro benzene ring substituents is 1. The second kappa shape index (κ2) is 7.97. The second-order valence-corrected chi connectivity index (χ2v) is 9.67. The van der Waals surface area contributed by atoms with E-state index in [-0.39, 0.29) is 17.1 Å². The summed E-state index contributed by atoms with van der Waals surface area (Å²) in [5, 5.41) is 27.1. The Hall–Kier alpha value is -4.57. The van der Waals surface area contributed by atoms with Gasteiger partial charge in [-0.2, -0.15) is 0 Å². The lowest BCUT2D eigenvalue weighted by Crippen LogP contribution is -2.53. The van der Waals surface area contributed by atoms with Crippen LogP contribution in [0.25, 0.3) is 0 Å². The van der Waals surface area contributed by atoms with Crippen molar-refractivity contribution in [3.8, 4) is 5.75 Å². The first-order valence-electron chi connectivity index (χ1n) is 11.8. The van der Waals surface area contributed by atoms with Crippen LogP contribution >= 0.6 is 0 Å². The van der Waals surface area contributed by atoms with Gasteiger partial charge in [0.05, 0.1) is 22.4 Å². The van der Waals surface area contributed by atoms with Crippen molar-refractivity contribution in [1.29, 1.82) is 0 Å². The van der Waals surface area contributed by atoms with Gasteiger partial charge in [-0.25, -0.2) is 4.90 Å². The van der Waals surface area contributed by atoms with E-state index in [1.165, 1.54) is 18.2 Å². The minimum atomic E-state index is -1.45. The van der Waals surface area contributed by atoms with Crippen LogP contribution in [0.3, 0.4) is 0 Å². The lowest BCUT2D eigenvalue weighted by molar-refractivity contribution is -0.384. The summed E-state index contributed by atoms with van der Waals surface area (Å²) in [5.41, 5.74) is 1.08. The van der Waals surface area contributed by atoms with Crippen LogP contribution in [-0.2, 0) is 26.3 Å². The Labute approximate surface area is 211 Å². The fraction of sp³-hybridized carbons (Fsp3) is 0.222. The number of hydrogen-bond donors (Lipinski definition) is 3. The van der Waals surface area contributed by atoms with E-state index < -0.39 is 46.1 Å². The molecule has 0 aromatic heterocycles. The standard InChI is InChI=1S/C27H22N4O6/c1-14-12-16(31(36)37)8-11-21(14)30-24(33)22-20(13-15-6-9-17(32)10-7-15)29-27(23(22)25(30)34)18-4-2-3-5-19(18)28-26(27)35/h2-12,20,22-23,29,32H,13H2,1H3,(H,28,35)/t20-,22-,23-,27+/m0/s1. The summed E-state index contributed by atoms with van der Waals surface area (Å²) in [5.74, 6) is -3.15. The van der Waals surface area contributed by atoms with Gasteiger partial charge in [0.2, 0.25) is 17.7 Å². The number of nitrogens with one attached hydrogen (secondary N) is 2. The number of phenolic OH excluding ortho intramolecular Hbond substituents is 1. The molecule has 3 amide bonds. The normalized spacial score (nSPS) is 25.9. The third-order valence-electron chi connectivity index (χ3n) is 7.65. The third-order valence-corrected chi connectivity index (χ3v) is 7.65. The van der Waals surface area contributed by atoms with Crippen LogP contribution < -0.4 is 15.5 Å². The van der Waals surface area contributed by atoms with Crippen molar-refractivity contribution in [2.24, 2.45) is 11.8 Å². The minimum Gasteiger partial charge on any atom is -0.508 e. The number of carbonyl (C=O) groups excluding carboxylic acids is 3. The Bertz CT molecular complexity index is 1500. The number of nitrogens with zero attached hydrogens (tertiary/aromatic N) is 2. The second-order valence-electron chi connectivity index (χ2n) is 9.67. The number of nitro groups is 1. The van der Waals surface area contributed by atoms with Crippen LogP contribution in [0.5, 0.6) is 5.75 Å².